The van der Waals surface area contributed by atoms with Gasteiger partial charge >= 0.3 is 0 Å². The van der Waals surface area contributed by atoms with E-state index in [2.05, 4.69) is 51.5 Å². The SMILES string of the molecule is COC1CCN(c2ccc(I)c(C)n2)CC1. The van der Waals surface area contributed by atoms with Gasteiger partial charge in [0.1, 0.15) is 5.82 Å². The molecule has 1 aliphatic heterocycles. The van der Waals surface area contributed by atoms with Crippen molar-refractivity contribution in [3.63, 3.8) is 0 Å². The minimum absolute atomic E-state index is 0.432. The molecule has 0 N–H and O–H groups in total. The molecule has 3 nitrogen and oxygen atoms in total. The Balaban J connectivity index is 2.05. The molecule has 0 radical (unpaired) electrons. The molecule has 0 aromatic carbocycles. The molecular weight excluding hydrogens is 315 g/mol. The molecule has 0 spiro atoms. The van der Waals surface area contributed by atoms with Gasteiger partial charge in [-0.1, -0.05) is 0 Å². The average molecular weight is 332 g/mol. The molecule has 0 unspecified atom stereocenters. The number of halogens is 1. The summed E-state index contributed by atoms with van der Waals surface area (Å²) in [6, 6.07) is 4.25. The second-order valence-corrected chi connectivity index (χ2v) is 5.32. The minimum Gasteiger partial charge on any atom is -0.381 e. The third-order valence-electron chi connectivity index (χ3n) is 3.11. The molecular formula is C12H17IN2O. The number of hydrogen-bond acceptors (Lipinski definition) is 3. The molecule has 2 heterocycles. The summed E-state index contributed by atoms with van der Waals surface area (Å²) in [5.41, 5.74) is 1.12. The van der Waals surface area contributed by atoms with E-state index < -0.39 is 0 Å². The summed E-state index contributed by atoms with van der Waals surface area (Å²) >= 11 is 2.32. The second kappa shape index (κ2) is 5.31. The molecule has 88 valence electrons. The number of nitrogens with zero attached hydrogens (tertiary/aromatic N) is 2. The highest BCUT2D eigenvalue weighted by Crippen LogP contribution is 2.21. The largest absolute Gasteiger partial charge is 0.381 e. The molecule has 4 heteroatoms. The van der Waals surface area contributed by atoms with Gasteiger partial charge in [-0.25, -0.2) is 4.98 Å². The monoisotopic (exact) mass is 332 g/mol. The average Bonchev–Trinajstić information content (AvgIpc) is 2.33. The van der Waals surface area contributed by atoms with Gasteiger partial charge < -0.3 is 9.64 Å². The highest BCUT2D eigenvalue weighted by molar-refractivity contribution is 14.1. The molecule has 0 amide bonds. The van der Waals surface area contributed by atoms with E-state index in [0.717, 1.165) is 37.4 Å². The smallest absolute Gasteiger partial charge is 0.128 e. The van der Waals surface area contributed by atoms with Crippen LogP contribution in [0.15, 0.2) is 12.1 Å². The third kappa shape index (κ3) is 2.66. The Kier molecular flexibility index (Phi) is 4.02. The van der Waals surface area contributed by atoms with Crippen LogP contribution in [0.1, 0.15) is 18.5 Å². The number of methoxy groups -OCH3 is 1. The lowest BCUT2D eigenvalue weighted by atomic mass is 10.1. The lowest BCUT2D eigenvalue weighted by Crippen LogP contribution is -2.37. The van der Waals surface area contributed by atoms with Gasteiger partial charge in [-0.05, 0) is 54.5 Å². The lowest BCUT2D eigenvalue weighted by molar-refractivity contribution is 0.0818. The minimum atomic E-state index is 0.432. The van der Waals surface area contributed by atoms with Crippen LogP contribution in [0.5, 0.6) is 0 Å². The van der Waals surface area contributed by atoms with Crippen LogP contribution < -0.4 is 4.90 Å². The number of hydrogen-bond donors (Lipinski definition) is 0. The van der Waals surface area contributed by atoms with Crippen molar-refractivity contribution in [2.45, 2.75) is 25.9 Å². The summed E-state index contributed by atoms with van der Waals surface area (Å²) in [4.78, 5) is 6.97. The van der Waals surface area contributed by atoms with Gasteiger partial charge in [0.15, 0.2) is 0 Å². The zero-order valence-corrected chi connectivity index (χ0v) is 11.9. The van der Waals surface area contributed by atoms with Crippen LogP contribution in [0, 0.1) is 10.5 Å². The van der Waals surface area contributed by atoms with Gasteiger partial charge in [-0.2, -0.15) is 0 Å². The molecule has 2 rings (SSSR count). The van der Waals surface area contributed by atoms with Crippen molar-refractivity contribution in [3.05, 3.63) is 21.4 Å². The first kappa shape index (κ1) is 12.1. The van der Waals surface area contributed by atoms with E-state index >= 15 is 0 Å². The van der Waals surface area contributed by atoms with E-state index in [0.29, 0.717) is 6.10 Å². The summed E-state index contributed by atoms with van der Waals surface area (Å²) in [5.74, 6) is 1.10. The lowest BCUT2D eigenvalue weighted by Gasteiger charge is -2.32. The molecule has 1 saturated heterocycles. The molecule has 0 saturated carbocycles. The predicted octanol–water partition coefficient (Wildman–Crippen LogP) is 2.61. The first-order valence-corrected chi connectivity index (χ1v) is 6.69. The van der Waals surface area contributed by atoms with Crippen LogP contribution in [-0.2, 0) is 4.74 Å². The molecule has 1 aromatic rings. The number of aryl methyl sites for hydroxylation is 1. The van der Waals surface area contributed by atoms with Crippen LogP contribution >= 0.6 is 22.6 Å². The van der Waals surface area contributed by atoms with Gasteiger partial charge in [0.25, 0.3) is 0 Å². The Morgan fingerprint density at radius 2 is 2.06 bits per heavy atom. The fourth-order valence-electron chi connectivity index (χ4n) is 2.03. The Morgan fingerprint density at radius 1 is 1.38 bits per heavy atom. The maximum atomic E-state index is 5.37. The standard InChI is InChI=1S/C12H17IN2O/c1-9-11(13)3-4-12(14-9)15-7-5-10(16-2)6-8-15/h3-4,10H,5-8H2,1-2H3. The fourth-order valence-corrected chi connectivity index (χ4v) is 2.33. The Bertz CT molecular complexity index is 362. The number of ether oxygens (including phenoxy) is 1. The maximum Gasteiger partial charge on any atom is 0.128 e. The van der Waals surface area contributed by atoms with E-state index in [-0.39, 0.29) is 0 Å². The van der Waals surface area contributed by atoms with Crippen molar-refractivity contribution < 1.29 is 4.74 Å². The predicted molar refractivity (Wildman–Crippen MR) is 73.9 cm³/mol. The molecule has 0 atom stereocenters. The summed E-state index contributed by atoms with van der Waals surface area (Å²) in [6.45, 7) is 4.16. The molecule has 16 heavy (non-hydrogen) atoms. The quantitative estimate of drug-likeness (QED) is 0.779. The third-order valence-corrected chi connectivity index (χ3v) is 4.25. The first-order chi connectivity index (χ1) is 7.70. The zero-order chi connectivity index (χ0) is 11.5. The molecule has 1 fully saturated rings. The van der Waals surface area contributed by atoms with Crippen molar-refractivity contribution in [1.82, 2.24) is 4.98 Å². The van der Waals surface area contributed by atoms with Crippen LogP contribution in [0.3, 0.4) is 0 Å². The number of piperidine rings is 1. The van der Waals surface area contributed by atoms with E-state index in [1.165, 1.54) is 3.57 Å². The Hall–Kier alpha value is -0.360. The molecule has 1 aromatic heterocycles. The normalized spacial score (nSPS) is 17.8. The second-order valence-electron chi connectivity index (χ2n) is 4.16. The Morgan fingerprint density at radius 3 is 2.62 bits per heavy atom. The fraction of sp³-hybridized carbons (Fsp3) is 0.583. The highest BCUT2D eigenvalue weighted by atomic mass is 127. The van der Waals surface area contributed by atoms with Crippen molar-refractivity contribution in [2.24, 2.45) is 0 Å². The van der Waals surface area contributed by atoms with Gasteiger partial charge in [0.05, 0.1) is 11.8 Å². The summed E-state index contributed by atoms with van der Waals surface area (Å²) in [6.07, 6.45) is 2.63. The zero-order valence-electron chi connectivity index (χ0n) is 9.74. The van der Waals surface area contributed by atoms with Crippen molar-refractivity contribution in [3.8, 4) is 0 Å². The van der Waals surface area contributed by atoms with E-state index in [1.807, 2.05) is 0 Å². The van der Waals surface area contributed by atoms with Gasteiger partial charge in [0.2, 0.25) is 0 Å². The van der Waals surface area contributed by atoms with Crippen LogP contribution in [-0.4, -0.2) is 31.3 Å². The van der Waals surface area contributed by atoms with Gasteiger partial charge in [0, 0.05) is 23.8 Å². The number of anilines is 1. The van der Waals surface area contributed by atoms with Crippen LogP contribution in [0.2, 0.25) is 0 Å². The maximum absolute atomic E-state index is 5.37. The van der Waals surface area contributed by atoms with Crippen LogP contribution in [0.4, 0.5) is 5.82 Å². The van der Waals surface area contributed by atoms with Gasteiger partial charge in [-0.15, -0.1) is 0 Å². The van der Waals surface area contributed by atoms with Gasteiger partial charge in [-0.3, -0.25) is 0 Å². The van der Waals surface area contributed by atoms with E-state index in [1.54, 1.807) is 7.11 Å². The Labute approximate surface area is 110 Å². The summed E-state index contributed by atoms with van der Waals surface area (Å²) in [7, 11) is 1.80. The van der Waals surface area contributed by atoms with Crippen molar-refractivity contribution >= 4 is 28.4 Å². The summed E-state index contributed by atoms with van der Waals surface area (Å²) in [5, 5.41) is 0. The van der Waals surface area contributed by atoms with Crippen molar-refractivity contribution in [2.75, 3.05) is 25.1 Å². The van der Waals surface area contributed by atoms with Crippen molar-refractivity contribution in [1.29, 1.82) is 0 Å². The highest BCUT2D eigenvalue weighted by Gasteiger charge is 2.19. The topological polar surface area (TPSA) is 25.4 Å². The number of pyridine rings is 1. The van der Waals surface area contributed by atoms with E-state index in [4.69, 9.17) is 4.74 Å². The number of rotatable bonds is 2. The molecule has 1 aliphatic rings. The molecule has 0 aliphatic carbocycles. The first-order valence-electron chi connectivity index (χ1n) is 5.61. The number of aromatic nitrogens is 1. The molecule has 0 bridgehead atoms. The summed E-state index contributed by atoms with van der Waals surface area (Å²) < 4.78 is 6.60. The van der Waals surface area contributed by atoms with Crippen LogP contribution in [0.25, 0.3) is 0 Å². The van der Waals surface area contributed by atoms with E-state index in [9.17, 15) is 0 Å².